The van der Waals surface area contributed by atoms with Crippen LogP contribution in [-0.4, -0.2) is 60.6 Å². The van der Waals surface area contributed by atoms with Crippen molar-refractivity contribution in [3.8, 4) is 0 Å². The summed E-state index contributed by atoms with van der Waals surface area (Å²) in [4.78, 5) is 9.11. The highest BCUT2D eigenvalue weighted by atomic mass is 127. The van der Waals surface area contributed by atoms with Gasteiger partial charge >= 0.3 is 0 Å². The zero-order valence-electron chi connectivity index (χ0n) is 14.2. The number of hydrogen-bond donors (Lipinski definition) is 1. The molecule has 0 saturated carbocycles. The highest BCUT2D eigenvalue weighted by Crippen LogP contribution is 2.14. The molecule has 1 aliphatic heterocycles. The van der Waals surface area contributed by atoms with Crippen LogP contribution in [0.3, 0.4) is 0 Å². The predicted molar refractivity (Wildman–Crippen MR) is 104 cm³/mol. The van der Waals surface area contributed by atoms with Gasteiger partial charge in [-0.2, -0.15) is 0 Å². The van der Waals surface area contributed by atoms with Crippen molar-refractivity contribution in [2.75, 3.05) is 40.3 Å². The maximum absolute atomic E-state index is 4.41. The summed E-state index contributed by atoms with van der Waals surface area (Å²) < 4.78 is 2.15. The number of hydrogen-bond acceptors (Lipinski definition) is 2. The zero-order valence-corrected chi connectivity index (χ0v) is 16.6. The minimum Gasteiger partial charge on any atom is -0.356 e. The third-order valence-corrected chi connectivity index (χ3v) is 4.39. The lowest BCUT2D eigenvalue weighted by Gasteiger charge is -2.23. The molecule has 1 saturated heterocycles. The molecule has 2 rings (SSSR count). The molecular formula is C16H30IN5. The standard InChI is InChI=1S/C16H29N5.HI/c1-5-21-10-8-14(12-21)11-18-16(17-2)20(4)13-15-7-6-9-19(15)3;/h6-7,9,14H,5,8,10-13H2,1-4H3,(H,17,18);1H. The van der Waals surface area contributed by atoms with Gasteiger partial charge in [0.05, 0.1) is 6.54 Å². The Hall–Kier alpha value is -0.760. The Balaban J connectivity index is 0.00000242. The summed E-state index contributed by atoms with van der Waals surface area (Å²) in [6, 6.07) is 4.23. The average molecular weight is 419 g/mol. The van der Waals surface area contributed by atoms with E-state index >= 15 is 0 Å². The number of halogens is 1. The summed E-state index contributed by atoms with van der Waals surface area (Å²) in [7, 11) is 6.03. The van der Waals surface area contributed by atoms with Crippen molar-refractivity contribution in [1.29, 1.82) is 0 Å². The Morgan fingerprint density at radius 3 is 2.82 bits per heavy atom. The van der Waals surface area contributed by atoms with E-state index in [0.29, 0.717) is 0 Å². The molecule has 0 amide bonds. The second-order valence-electron chi connectivity index (χ2n) is 5.94. The van der Waals surface area contributed by atoms with Crippen LogP contribution in [-0.2, 0) is 13.6 Å². The molecule has 2 heterocycles. The van der Waals surface area contributed by atoms with E-state index in [1.54, 1.807) is 0 Å². The summed E-state index contributed by atoms with van der Waals surface area (Å²) in [5.74, 6) is 1.72. The molecule has 0 aliphatic carbocycles. The number of nitrogens with one attached hydrogen (secondary N) is 1. The van der Waals surface area contributed by atoms with E-state index < -0.39 is 0 Å². The maximum Gasteiger partial charge on any atom is 0.193 e. The Labute approximate surface area is 151 Å². The van der Waals surface area contributed by atoms with Gasteiger partial charge in [0.1, 0.15) is 0 Å². The minimum absolute atomic E-state index is 0. The van der Waals surface area contributed by atoms with E-state index in [-0.39, 0.29) is 24.0 Å². The van der Waals surface area contributed by atoms with E-state index in [9.17, 15) is 0 Å². The largest absolute Gasteiger partial charge is 0.356 e. The van der Waals surface area contributed by atoms with Crippen molar-refractivity contribution >= 4 is 29.9 Å². The molecule has 1 aromatic rings. The van der Waals surface area contributed by atoms with Gasteiger partial charge in [-0.3, -0.25) is 4.99 Å². The molecule has 6 heteroatoms. The molecule has 1 fully saturated rings. The topological polar surface area (TPSA) is 35.8 Å². The maximum atomic E-state index is 4.41. The van der Waals surface area contributed by atoms with Crippen LogP contribution in [0.1, 0.15) is 19.0 Å². The first-order chi connectivity index (χ1) is 10.1. The van der Waals surface area contributed by atoms with Crippen molar-refractivity contribution in [3.63, 3.8) is 0 Å². The van der Waals surface area contributed by atoms with Crippen LogP contribution in [0.25, 0.3) is 0 Å². The summed E-state index contributed by atoms with van der Waals surface area (Å²) in [5, 5.41) is 3.53. The zero-order chi connectivity index (χ0) is 15.2. The van der Waals surface area contributed by atoms with Gasteiger partial charge in [0.25, 0.3) is 0 Å². The lowest BCUT2D eigenvalue weighted by molar-refractivity contribution is 0.340. The van der Waals surface area contributed by atoms with Crippen LogP contribution >= 0.6 is 24.0 Å². The number of guanidine groups is 1. The van der Waals surface area contributed by atoms with Gasteiger partial charge in [-0.25, -0.2) is 0 Å². The molecule has 1 aromatic heterocycles. The third-order valence-electron chi connectivity index (χ3n) is 4.39. The van der Waals surface area contributed by atoms with Gasteiger partial charge in [-0.1, -0.05) is 6.92 Å². The molecule has 5 nitrogen and oxygen atoms in total. The fourth-order valence-corrected chi connectivity index (χ4v) is 2.97. The quantitative estimate of drug-likeness (QED) is 0.451. The summed E-state index contributed by atoms with van der Waals surface area (Å²) >= 11 is 0. The van der Waals surface area contributed by atoms with Crippen molar-refractivity contribution in [3.05, 3.63) is 24.0 Å². The van der Waals surface area contributed by atoms with Gasteiger partial charge in [0, 0.05) is 46.1 Å². The van der Waals surface area contributed by atoms with Gasteiger partial charge in [0.15, 0.2) is 5.96 Å². The molecule has 0 radical (unpaired) electrons. The average Bonchev–Trinajstić information content (AvgIpc) is 3.09. The van der Waals surface area contributed by atoms with Crippen LogP contribution < -0.4 is 5.32 Å². The molecule has 126 valence electrons. The number of aliphatic imine (C=N–C) groups is 1. The van der Waals surface area contributed by atoms with E-state index in [1.165, 1.54) is 31.7 Å². The van der Waals surface area contributed by atoms with Crippen molar-refractivity contribution in [1.82, 2.24) is 19.7 Å². The molecule has 1 unspecified atom stereocenters. The van der Waals surface area contributed by atoms with Crippen LogP contribution in [0, 0.1) is 5.92 Å². The first-order valence-electron chi connectivity index (χ1n) is 7.88. The molecule has 0 spiro atoms. The number of likely N-dealkylation sites (tertiary alicyclic amines) is 1. The molecular weight excluding hydrogens is 389 g/mol. The SMILES string of the molecule is CCN1CCC(CNC(=NC)N(C)Cc2cccn2C)C1.I. The first kappa shape index (κ1) is 19.3. The highest BCUT2D eigenvalue weighted by Gasteiger charge is 2.21. The summed E-state index contributed by atoms with van der Waals surface area (Å²) in [6.45, 7) is 7.74. The van der Waals surface area contributed by atoms with Gasteiger partial charge in [-0.05, 0) is 37.6 Å². The fraction of sp³-hybridized carbons (Fsp3) is 0.688. The van der Waals surface area contributed by atoms with Gasteiger partial charge in [0.2, 0.25) is 0 Å². The summed E-state index contributed by atoms with van der Waals surface area (Å²) in [5.41, 5.74) is 1.29. The normalized spacial score (nSPS) is 19.1. The molecule has 0 aromatic carbocycles. The van der Waals surface area contributed by atoms with Crippen molar-refractivity contribution in [2.24, 2.45) is 18.0 Å². The Morgan fingerprint density at radius 2 is 2.27 bits per heavy atom. The Bertz CT molecular complexity index is 471. The van der Waals surface area contributed by atoms with Gasteiger partial charge in [-0.15, -0.1) is 24.0 Å². The smallest absolute Gasteiger partial charge is 0.193 e. The third kappa shape index (κ3) is 5.15. The molecule has 1 N–H and O–H groups in total. The molecule has 1 aliphatic rings. The summed E-state index contributed by atoms with van der Waals surface area (Å²) in [6.07, 6.45) is 3.37. The van der Waals surface area contributed by atoms with E-state index in [2.05, 4.69) is 64.0 Å². The number of nitrogens with zero attached hydrogens (tertiary/aromatic N) is 4. The number of aromatic nitrogens is 1. The molecule has 0 bridgehead atoms. The van der Waals surface area contributed by atoms with Crippen LogP contribution in [0.2, 0.25) is 0 Å². The minimum atomic E-state index is 0. The van der Waals surface area contributed by atoms with Gasteiger partial charge < -0.3 is 19.7 Å². The van der Waals surface area contributed by atoms with Crippen LogP contribution in [0.4, 0.5) is 0 Å². The van der Waals surface area contributed by atoms with E-state index in [4.69, 9.17) is 0 Å². The Morgan fingerprint density at radius 1 is 1.50 bits per heavy atom. The van der Waals surface area contributed by atoms with Crippen LogP contribution in [0.15, 0.2) is 23.3 Å². The lowest BCUT2D eigenvalue weighted by Crippen LogP contribution is -2.41. The van der Waals surface area contributed by atoms with E-state index in [1.807, 2.05) is 7.05 Å². The molecule has 1 atom stereocenters. The lowest BCUT2D eigenvalue weighted by atomic mass is 10.1. The highest BCUT2D eigenvalue weighted by molar-refractivity contribution is 14.0. The number of rotatable bonds is 5. The first-order valence-corrected chi connectivity index (χ1v) is 7.88. The van der Waals surface area contributed by atoms with E-state index in [0.717, 1.165) is 25.0 Å². The number of aryl methyl sites for hydroxylation is 1. The van der Waals surface area contributed by atoms with Crippen molar-refractivity contribution < 1.29 is 0 Å². The molecule has 22 heavy (non-hydrogen) atoms. The fourth-order valence-electron chi connectivity index (χ4n) is 2.97. The van der Waals surface area contributed by atoms with Crippen molar-refractivity contribution in [2.45, 2.75) is 19.9 Å². The monoisotopic (exact) mass is 419 g/mol. The van der Waals surface area contributed by atoms with Crippen LogP contribution in [0.5, 0.6) is 0 Å². The second-order valence-corrected chi connectivity index (χ2v) is 5.94. The second kappa shape index (κ2) is 9.39. The Kier molecular flexibility index (Phi) is 8.24. The predicted octanol–water partition coefficient (Wildman–Crippen LogP) is 1.99.